The number of carboxylic acids is 1. The third-order valence-electron chi connectivity index (χ3n) is 6.21. The average molecular weight is 624 g/mol. The van der Waals surface area contributed by atoms with E-state index in [1.165, 1.54) is 29.8 Å². The van der Waals surface area contributed by atoms with Crippen LogP contribution in [0.3, 0.4) is 0 Å². The zero-order valence-electron chi connectivity index (χ0n) is 21.6. The summed E-state index contributed by atoms with van der Waals surface area (Å²) < 4.78 is 72.6. The Kier molecular flexibility index (Phi) is 9.88. The Morgan fingerprint density at radius 2 is 1.69 bits per heavy atom. The summed E-state index contributed by atoms with van der Waals surface area (Å²) in [7, 11) is 1.42. The molecule has 0 aliphatic heterocycles. The molecule has 0 radical (unpaired) electrons. The minimum Gasteiger partial charge on any atom is -0.475 e. The highest BCUT2D eigenvalue weighted by Gasteiger charge is 2.38. The first kappa shape index (κ1) is 32.4. The summed E-state index contributed by atoms with van der Waals surface area (Å²) in [4.78, 5) is 38.2. The van der Waals surface area contributed by atoms with E-state index in [-0.39, 0.29) is 45.7 Å². The van der Waals surface area contributed by atoms with Gasteiger partial charge in [-0.05, 0) is 43.9 Å². The summed E-state index contributed by atoms with van der Waals surface area (Å²) in [6, 6.07) is 4.62. The number of benzene rings is 1. The van der Waals surface area contributed by atoms with E-state index in [2.05, 4.69) is 20.7 Å². The minimum atomic E-state index is -5.08. The van der Waals surface area contributed by atoms with E-state index in [1.54, 1.807) is 0 Å². The number of aromatic amines is 1. The Hall–Kier alpha value is -4.12. The van der Waals surface area contributed by atoms with Gasteiger partial charge in [0.1, 0.15) is 5.69 Å². The fraction of sp³-hybridized carbons (Fsp3) is 0.375. The van der Waals surface area contributed by atoms with Crippen molar-refractivity contribution in [1.29, 1.82) is 0 Å². The second-order valence-electron chi connectivity index (χ2n) is 9.22. The van der Waals surface area contributed by atoms with Gasteiger partial charge in [0.15, 0.2) is 5.82 Å². The molecule has 1 fully saturated rings. The SMILES string of the molecule is Cn1c(-c2cn[nH]c2C(F)(F)F)cnc1C(=O)Nc1ccc(C(=O)NC2CCC(N)CC2)c(Cl)c1.O=C(O)C(F)(F)F. The Bertz CT molecular complexity index is 1450. The van der Waals surface area contributed by atoms with Crippen molar-refractivity contribution in [3.63, 3.8) is 0 Å². The molecule has 0 spiro atoms. The molecule has 4 rings (SSSR count). The average Bonchev–Trinajstić information content (AvgIpc) is 3.52. The number of carboxylic acid groups (broad SMARTS) is 1. The molecule has 1 aliphatic carbocycles. The van der Waals surface area contributed by atoms with Gasteiger partial charge in [0.05, 0.1) is 34.2 Å². The molecule has 0 unspecified atom stereocenters. The standard InChI is InChI=1S/C22H23ClF3N7O2.C2HF3O2/c1-33-17(15-9-29-32-18(15)22(24,25)26)10-28-19(33)21(35)31-13-6-7-14(16(23)8-13)20(34)30-12-4-2-11(27)3-5-12;3-2(4,5)1(6)7/h6-12H,2-5,27H2,1H3,(H,29,32)(H,30,34)(H,31,35);(H,6,7). The maximum Gasteiger partial charge on any atom is 0.490 e. The van der Waals surface area contributed by atoms with Crippen LogP contribution in [-0.2, 0) is 18.0 Å². The number of halogens is 7. The normalized spacial score (nSPS) is 17.2. The van der Waals surface area contributed by atoms with Crippen molar-refractivity contribution in [3.05, 3.63) is 52.7 Å². The molecular formula is C24H24ClF6N7O4. The summed E-state index contributed by atoms with van der Waals surface area (Å²) in [6.07, 6.45) is -4.26. The Labute approximate surface area is 238 Å². The predicted octanol–water partition coefficient (Wildman–Crippen LogP) is 4.37. The molecule has 11 nitrogen and oxygen atoms in total. The van der Waals surface area contributed by atoms with Gasteiger partial charge in [0.25, 0.3) is 11.8 Å². The summed E-state index contributed by atoms with van der Waals surface area (Å²) >= 11 is 6.29. The highest BCUT2D eigenvalue weighted by Crippen LogP contribution is 2.35. The van der Waals surface area contributed by atoms with Crippen molar-refractivity contribution >= 4 is 35.1 Å². The number of aromatic nitrogens is 4. The van der Waals surface area contributed by atoms with Crippen molar-refractivity contribution in [1.82, 2.24) is 25.1 Å². The largest absolute Gasteiger partial charge is 0.490 e. The number of carbonyl (C=O) groups excluding carboxylic acids is 2. The number of hydrogen-bond acceptors (Lipinski definition) is 6. The lowest BCUT2D eigenvalue weighted by atomic mass is 9.91. The second kappa shape index (κ2) is 12.8. The van der Waals surface area contributed by atoms with Gasteiger partial charge in [-0.1, -0.05) is 11.6 Å². The molecule has 2 heterocycles. The van der Waals surface area contributed by atoms with Gasteiger partial charge in [-0.2, -0.15) is 31.4 Å². The summed E-state index contributed by atoms with van der Waals surface area (Å²) in [5.74, 6) is -3.86. The van der Waals surface area contributed by atoms with E-state index in [0.717, 1.165) is 38.1 Å². The molecule has 1 aliphatic rings. The van der Waals surface area contributed by atoms with E-state index in [4.69, 9.17) is 27.2 Å². The lowest BCUT2D eigenvalue weighted by molar-refractivity contribution is -0.192. The zero-order chi connectivity index (χ0) is 31.4. The first-order chi connectivity index (χ1) is 19.5. The van der Waals surface area contributed by atoms with Crippen LogP contribution in [0.15, 0.2) is 30.6 Å². The molecule has 3 aromatic rings. The fourth-order valence-electron chi connectivity index (χ4n) is 4.06. The molecule has 1 aromatic carbocycles. The van der Waals surface area contributed by atoms with Crippen LogP contribution in [0.5, 0.6) is 0 Å². The van der Waals surface area contributed by atoms with Gasteiger partial charge < -0.3 is 26.0 Å². The lowest BCUT2D eigenvalue weighted by Crippen LogP contribution is -2.40. The van der Waals surface area contributed by atoms with Crippen molar-refractivity contribution < 1.29 is 45.8 Å². The Morgan fingerprint density at radius 3 is 2.24 bits per heavy atom. The molecule has 2 amide bonds. The van der Waals surface area contributed by atoms with Crippen LogP contribution in [0.25, 0.3) is 11.3 Å². The van der Waals surface area contributed by atoms with Gasteiger partial charge in [0, 0.05) is 24.8 Å². The third kappa shape index (κ3) is 8.00. The monoisotopic (exact) mass is 623 g/mol. The summed E-state index contributed by atoms with van der Waals surface area (Å²) in [6.45, 7) is 0. The van der Waals surface area contributed by atoms with Crippen LogP contribution in [0.1, 0.15) is 52.4 Å². The number of hydrogen-bond donors (Lipinski definition) is 5. The number of H-pyrrole nitrogens is 1. The van der Waals surface area contributed by atoms with Crippen LogP contribution < -0.4 is 16.4 Å². The molecule has 0 bridgehead atoms. The number of aliphatic carboxylic acids is 1. The number of anilines is 1. The van der Waals surface area contributed by atoms with Gasteiger partial charge in [-0.15, -0.1) is 0 Å². The highest BCUT2D eigenvalue weighted by molar-refractivity contribution is 6.34. The molecule has 18 heteroatoms. The first-order valence-corrected chi connectivity index (χ1v) is 12.5. The first-order valence-electron chi connectivity index (χ1n) is 12.1. The van der Waals surface area contributed by atoms with E-state index in [1.807, 2.05) is 5.10 Å². The van der Waals surface area contributed by atoms with E-state index in [0.29, 0.717) is 5.69 Å². The van der Waals surface area contributed by atoms with Crippen molar-refractivity contribution in [2.75, 3.05) is 5.32 Å². The van der Waals surface area contributed by atoms with Crippen molar-refractivity contribution in [2.45, 2.75) is 50.1 Å². The number of alkyl halides is 6. The molecule has 2 aromatic heterocycles. The minimum absolute atomic E-state index is 0.0310. The van der Waals surface area contributed by atoms with E-state index < -0.39 is 29.9 Å². The molecule has 0 saturated heterocycles. The summed E-state index contributed by atoms with van der Waals surface area (Å²) in [5.41, 5.74) is 5.25. The number of imidazole rings is 1. The van der Waals surface area contributed by atoms with Gasteiger partial charge in [-0.3, -0.25) is 14.7 Å². The molecule has 42 heavy (non-hydrogen) atoms. The lowest BCUT2D eigenvalue weighted by Gasteiger charge is -2.27. The van der Waals surface area contributed by atoms with Crippen molar-refractivity contribution in [2.24, 2.45) is 12.8 Å². The number of nitrogens with zero attached hydrogens (tertiary/aromatic N) is 3. The molecule has 6 N–H and O–H groups in total. The van der Waals surface area contributed by atoms with Gasteiger partial charge in [-0.25, -0.2) is 9.78 Å². The maximum absolute atomic E-state index is 13.2. The van der Waals surface area contributed by atoms with Crippen LogP contribution in [0.2, 0.25) is 5.02 Å². The number of nitrogens with two attached hydrogens (primary N) is 1. The van der Waals surface area contributed by atoms with E-state index >= 15 is 0 Å². The molecular weight excluding hydrogens is 600 g/mol. The number of amides is 2. The van der Waals surface area contributed by atoms with Crippen LogP contribution in [-0.4, -0.2) is 60.9 Å². The van der Waals surface area contributed by atoms with E-state index in [9.17, 15) is 35.9 Å². The van der Waals surface area contributed by atoms with Gasteiger partial charge >= 0.3 is 18.3 Å². The zero-order valence-corrected chi connectivity index (χ0v) is 22.4. The maximum atomic E-state index is 13.2. The quantitative estimate of drug-likeness (QED) is 0.263. The smallest absolute Gasteiger partial charge is 0.475 e. The van der Waals surface area contributed by atoms with Crippen molar-refractivity contribution in [3.8, 4) is 11.3 Å². The second-order valence-corrected chi connectivity index (χ2v) is 9.63. The topological polar surface area (TPSA) is 168 Å². The number of nitrogens with one attached hydrogen (secondary N) is 3. The summed E-state index contributed by atoms with van der Waals surface area (Å²) in [5, 5.41) is 18.2. The number of carbonyl (C=O) groups is 3. The van der Waals surface area contributed by atoms with Crippen LogP contribution in [0.4, 0.5) is 32.0 Å². The molecule has 0 atom stereocenters. The predicted molar refractivity (Wildman–Crippen MR) is 137 cm³/mol. The fourth-order valence-corrected chi connectivity index (χ4v) is 4.32. The number of rotatable bonds is 5. The third-order valence-corrected chi connectivity index (χ3v) is 6.52. The Morgan fingerprint density at radius 1 is 1.07 bits per heavy atom. The van der Waals surface area contributed by atoms with Gasteiger partial charge in [0.2, 0.25) is 0 Å². The highest BCUT2D eigenvalue weighted by atomic mass is 35.5. The van der Waals surface area contributed by atoms with Crippen LogP contribution in [0, 0.1) is 0 Å². The van der Waals surface area contributed by atoms with Crippen LogP contribution >= 0.6 is 11.6 Å². The molecule has 228 valence electrons. The molecule has 1 saturated carbocycles. The Balaban J connectivity index is 0.000000616.